The van der Waals surface area contributed by atoms with Crippen molar-refractivity contribution in [2.45, 2.75) is 26.7 Å². The van der Waals surface area contributed by atoms with E-state index in [1.54, 1.807) is 23.1 Å². The topological polar surface area (TPSA) is 75.5 Å². The van der Waals surface area contributed by atoms with E-state index in [0.717, 1.165) is 29.5 Å². The number of pyridine rings is 2. The second kappa shape index (κ2) is 10.3. The predicted molar refractivity (Wildman–Crippen MR) is 107 cm³/mol. The third-order valence-electron chi connectivity index (χ3n) is 4.39. The number of hydrogen-bond acceptors (Lipinski definition) is 6. The Kier molecular flexibility index (Phi) is 7.73. The summed E-state index contributed by atoms with van der Waals surface area (Å²) in [5.41, 5.74) is 1.65. The minimum atomic E-state index is -0.167. The normalized spacial score (nSPS) is 10.4. The first-order chi connectivity index (χ1) is 13.2. The fraction of sp³-hybridized carbons (Fsp3) is 0.400. The molecule has 0 saturated carbocycles. The zero-order valence-electron chi connectivity index (χ0n) is 15.9. The Morgan fingerprint density at radius 3 is 2.22 bits per heavy atom. The van der Waals surface area contributed by atoms with Crippen molar-refractivity contribution in [1.29, 1.82) is 0 Å². The first kappa shape index (κ1) is 20.4. The Hall–Kier alpha value is -2.96. The highest BCUT2D eigenvalue weighted by molar-refractivity contribution is 5.76. The van der Waals surface area contributed by atoms with Gasteiger partial charge in [-0.25, -0.2) is 4.68 Å². The Balaban J connectivity index is 2.70. The van der Waals surface area contributed by atoms with Crippen LogP contribution in [0.1, 0.15) is 26.7 Å². The number of aromatic nitrogens is 2. The molecule has 0 unspecified atom stereocenters. The molecule has 0 aliphatic heterocycles. The van der Waals surface area contributed by atoms with Gasteiger partial charge in [0.15, 0.2) is 0 Å². The summed E-state index contributed by atoms with van der Waals surface area (Å²) in [6, 6.07) is 7.13. The van der Waals surface area contributed by atoms with Crippen LogP contribution < -0.4 is 15.5 Å². The van der Waals surface area contributed by atoms with Crippen molar-refractivity contribution in [1.82, 2.24) is 9.66 Å². The highest BCUT2D eigenvalue weighted by Gasteiger charge is 2.20. The summed E-state index contributed by atoms with van der Waals surface area (Å²) in [7, 11) is 0. The summed E-state index contributed by atoms with van der Waals surface area (Å²) in [6.07, 6.45) is 5.85. The molecule has 0 amide bonds. The lowest BCUT2D eigenvalue weighted by molar-refractivity contribution is -0.108. The van der Waals surface area contributed by atoms with Crippen molar-refractivity contribution in [2.24, 2.45) is 0 Å². The molecular formula is C20H26N4O3. The summed E-state index contributed by atoms with van der Waals surface area (Å²) in [4.78, 5) is 40.7. The van der Waals surface area contributed by atoms with Gasteiger partial charge in [-0.2, -0.15) is 0 Å². The lowest BCUT2D eigenvalue weighted by Crippen LogP contribution is -2.46. The monoisotopic (exact) mass is 370 g/mol. The molecule has 2 aromatic rings. The molecule has 0 aliphatic rings. The molecule has 27 heavy (non-hydrogen) atoms. The van der Waals surface area contributed by atoms with Crippen LogP contribution in [-0.4, -0.2) is 48.4 Å². The van der Waals surface area contributed by atoms with Crippen LogP contribution in [0.2, 0.25) is 0 Å². The standard InChI is InChI=1S/C20H26N4O3/c1-3-22(13-5-15-25)20-18(17-9-11-21-12-10-17)7-8-19(27)24(20)23(4-2)14-6-16-26/h7-12,15-16H,3-6,13-14H2,1-2H3. The Bertz CT molecular complexity index is 805. The van der Waals surface area contributed by atoms with Gasteiger partial charge in [0.2, 0.25) is 0 Å². The van der Waals surface area contributed by atoms with Crippen LogP contribution in [0.5, 0.6) is 0 Å². The van der Waals surface area contributed by atoms with Crippen LogP contribution in [0.4, 0.5) is 5.82 Å². The minimum Gasteiger partial charge on any atom is -0.356 e. The molecule has 2 heterocycles. The molecule has 0 aromatic carbocycles. The van der Waals surface area contributed by atoms with Gasteiger partial charge in [-0.1, -0.05) is 0 Å². The van der Waals surface area contributed by atoms with Crippen molar-refractivity contribution in [3.63, 3.8) is 0 Å². The second-order valence-corrected chi connectivity index (χ2v) is 5.99. The van der Waals surface area contributed by atoms with Gasteiger partial charge in [-0.3, -0.25) is 9.78 Å². The molecule has 2 aromatic heterocycles. The molecule has 0 saturated heterocycles. The maximum absolute atomic E-state index is 12.8. The fourth-order valence-electron chi connectivity index (χ4n) is 3.08. The summed E-state index contributed by atoms with van der Waals surface area (Å²) in [5.74, 6) is 0.728. The molecular weight excluding hydrogens is 344 g/mol. The van der Waals surface area contributed by atoms with Crippen LogP contribution in [0, 0.1) is 0 Å². The molecule has 144 valence electrons. The molecule has 0 atom stereocenters. The van der Waals surface area contributed by atoms with Crippen molar-refractivity contribution in [2.75, 3.05) is 36.1 Å². The van der Waals surface area contributed by atoms with E-state index in [0.29, 0.717) is 39.0 Å². The summed E-state index contributed by atoms with van der Waals surface area (Å²) in [6.45, 7) is 6.10. The van der Waals surface area contributed by atoms with Gasteiger partial charge in [0.25, 0.3) is 5.56 Å². The first-order valence-corrected chi connectivity index (χ1v) is 9.21. The number of anilines is 1. The van der Waals surface area contributed by atoms with Crippen LogP contribution in [0.15, 0.2) is 41.5 Å². The number of nitrogens with zero attached hydrogens (tertiary/aromatic N) is 4. The number of rotatable bonds is 11. The van der Waals surface area contributed by atoms with Gasteiger partial charge in [-0.05, 0) is 37.6 Å². The van der Waals surface area contributed by atoms with E-state index in [1.807, 2.05) is 35.9 Å². The van der Waals surface area contributed by atoms with E-state index < -0.39 is 0 Å². The van der Waals surface area contributed by atoms with E-state index in [4.69, 9.17) is 0 Å². The predicted octanol–water partition coefficient (Wildman–Crippen LogP) is 1.87. The van der Waals surface area contributed by atoms with E-state index in [-0.39, 0.29) is 5.56 Å². The highest BCUT2D eigenvalue weighted by atomic mass is 16.1. The lowest BCUT2D eigenvalue weighted by Gasteiger charge is -2.34. The van der Waals surface area contributed by atoms with Gasteiger partial charge >= 0.3 is 0 Å². The first-order valence-electron chi connectivity index (χ1n) is 9.21. The van der Waals surface area contributed by atoms with Crippen LogP contribution in [0.3, 0.4) is 0 Å². The third-order valence-corrected chi connectivity index (χ3v) is 4.39. The van der Waals surface area contributed by atoms with Crippen molar-refractivity contribution < 1.29 is 9.59 Å². The van der Waals surface area contributed by atoms with Gasteiger partial charge in [0.1, 0.15) is 18.4 Å². The molecule has 0 N–H and O–H groups in total. The van der Waals surface area contributed by atoms with Gasteiger partial charge in [0.05, 0.1) is 0 Å². The molecule has 7 heteroatoms. The number of aldehydes is 2. The average molecular weight is 370 g/mol. The quantitative estimate of drug-likeness (QED) is 0.562. The molecule has 0 radical (unpaired) electrons. The van der Waals surface area contributed by atoms with Crippen LogP contribution in [0.25, 0.3) is 11.1 Å². The van der Waals surface area contributed by atoms with Crippen molar-refractivity contribution in [3.05, 3.63) is 47.0 Å². The zero-order chi connectivity index (χ0) is 19.6. The molecule has 7 nitrogen and oxygen atoms in total. The van der Waals surface area contributed by atoms with E-state index >= 15 is 0 Å². The number of hydrogen-bond donors (Lipinski definition) is 0. The minimum absolute atomic E-state index is 0.167. The van der Waals surface area contributed by atoms with Crippen molar-refractivity contribution in [3.8, 4) is 11.1 Å². The van der Waals surface area contributed by atoms with Crippen LogP contribution in [-0.2, 0) is 9.59 Å². The molecule has 2 rings (SSSR count). The fourth-order valence-corrected chi connectivity index (χ4v) is 3.08. The SMILES string of the molecule is CCN(CCC=O)c1c(-c2ccncc2)ccc(=O)n1N(CC)CCC=O. The van der Waals surface area contributed by atoms with Gasteiger partial charge in [-0.15, -0.1) is 0 Å². The smallest absolute Gasteiger partial charge is 0.270 e. The van der Waals surface area contributed by atoms with E-state index in [1.165, 1.54) is 6.07 Å². The van der Waals surface area contributed by atoms with E-state index in [2.05, 4.69) is 4.98 Å². The lowest BCUT2D eigenvalue weighted by atomic mass is 10.1. The summed E-state index contributed by atoms with van der Waals surface area (Å²) >= 11 is 0. The number of carbonyl (C=O) groups excluding carboxylic acids is 2. The zero-order valence-corrected chi connectivity index (χ0v) is 15.9. The number of carbonyl (C=O) groups is 2. The van der Waals surface area contributed by atoms with E-state index in [9.17, 15) is 14.4 Å². The summed E-state index contributed by atoms with van der Waals surface area (Å²) < 4.78 is 1.63. The third kappa shape index (κ3) is 4.81. The highest BCUT2D eigenvalue weighted by Crippen LogP contribution is 2.29. The largest absolute Gasteiger partial charge is 0.356 e. The van der Waals surface area contributed by atoms with Gasteiger partial charge in [0, 0.05) is 63.0 Å². The Morgan fingerprint density at radius 2 is 1.63 bits per heavy atom. The van der Waals surface area contributed by atoms with Crippen molar-refractivity contribution >= 4 is 18.4 Å². The molecule has 0 fully saturated rings. The van der Waals surface area contributed by atoms with Gasteiger partial charge < -0.3 is 19.5 Å². The van der Waals surface area contributed by atoms with Crippen LogP contribution >= 0.6 is 0 Å². The second-order valence-electron chi connectivity index (χ2n) is 5.99. The average Bonchev–Trinajstić information content (AvgIpc) is 2.71. The molecule has 0 bridgehead atoms. The Labute approximate surface area is 159 Å². The molecule has 0 spiro atoms. The molecule has 0 aliphatic carbocycles. The Morgan fingerprint density at radius 1 is 0.963 bits per heavy atom. The summed E-state index contributed by atoms with van der Waals surface area (Å²) in [5, 5.41) is 1.86. The maximum atomic E-state index is 12.8. The maximum Gasteiger partial charge on any atom is 0.270 e.